The van der Waals surface area contributed by atoms with Gasteiger partial charge in [0.25, 0.3) is 10.0 Å². The zero-order chi connectivity index (χ0) is 14.0. The summed E-state index contributed by atoms with van der Waals surface area (Å²) in [5.41, 5.74) is 0.926. The maximum Gasteiger partial charge on any atom is 0.264 e. The molecule has 1 N–H and O–H groups in total. The summed E-state index contributed by atoms with van der Waals surface area (Å²) in [5, 5.41) is 0. The first kappa shape index (κ1) is 14.0. The molecule has 0 saturated heterocycles. The molecule has 0 atom stereocenters. The van der Waals surface area contributed by atoms with E-state index in [4.69, 9.17) is 0 Å². The standard InChI is InChI=1S/C12H10BrFN2O2S/c1-8-5-6-10(9(13)7-8)19(17,18)16-12-4-2-3-11(14)15-12/h2-7H,1H3,(H,15,16). The van der Waals surface area contributed by atoms with Gasteiger partial charge in [0.15, 0.2) is 0 Å². The summed E-state index contributed by atoms with van der Waals surface area (Å²) < 4.78 is 39.9. The van der Waals surface area contributed by atoms with E-state index in [1.54, 1.807) is 12.1 Å². The minimum Gasteiger partial charge on any atom is -0.263 e. The summed E-state index contributed by atoms with van der Waals surface area (Å²) in [4.78, 5) is 3.53. The third kappa shape index (κ3) is 3.30. The molecule has 1 aromatic heterocycles. The molecular formula is C12H10BrFN2O2S. The Kier molecular flexibility index (Phi) is 3.86. The number of rotatable bonds is 3. The van der Waals surface area contributed by atoms with Crippen LogP contribution in [-0.4, -0.2) is 13.4 Å². The van der Waals surface area contributed by atoms with Crippen LogP contribution in [0.3, 0.4) is 0 Å². The van der Waals surface area contributed by atoms with Crippen molar-refractivity contribution in [3.05, 3.63) is 52.4 Å². The smallest absolute Gasteiger partial charge is 0.263 e. The van der Waals surface area contributed by atoms with Crippen molar-refractivity contribution in [2.75, 3.05) is 4.72 Å². The van der Waals surface area contributed by atoms with Crippen molar-refractivity contribution in [2.45, 2.75) is 11.8 Å². The molecule has 4 nitrogen and oxygen atoms in total. The van der Waals surface area contributed by atoms with Gasteiger partial charge in [0.2, 0.25) is 5.95 Å². The summed E-state index contributed by atoms with van der Waals surface area (Å²) in [6, 6.07) is 8.74. The Morgan fingerprint density at radius 3 is 2.63 bits per heavy atom. The van der Waals surface area contributed by atoms with Crippen molar-refractivity contribution in [2.24, 2.45) is 0 Å². The van der Waals surface area contributed by atoms with Gasteiger partial charge in [-0.05, 0) is 52.7 Å². The fourth-order valence-corrected chi connectivity index (χ4v) is 3.68. The van der Waals surface area contributed by atoms with Crippen LogP contribution in [0.25, 0.3) is 0 Å². The van der Waals surface area contributed by atoms with E-state index in [1.165, 1.54) is 18.2 Å². The molecule has 1 heterocycles. The highest BCUT2D eigenvalue weighted by molar-refractivity contribution is 9.10. The highest BCUT2D eigenvalue weighted by Gasteiger charge is 2.18. The van der Waals surface area contributed by atoms with Crippen molar-refractivity contribution in [1.82, 2.24) is 4.98 Å². The van der Waals surface area contributed by atoms with Crippen LogP contribution in [0.2, 0.25) is 0 Å². The summed E-state index contributed by atoms with van der Waals surface area (Å²) in [5.74, 6) is -0.810. The molecule has 2 aromatic rings. The van der Waals surface area contributed by atoms with Gasteiger partial charge in [-0.1, -0.05) is 12.1 Å². The van der Waals surface area contributed by atoms with Gasteiger partial charge in [-0.25, -0.2) is 13.4 Å². The lowest BCUT2D eigenvalue weighted by Gasteiger charge is -2.09. The molecule has 0 amide bonds. The first-order valence-corrected chi connectivity index (χ1v) is 7.57. The number of benzene rings is 1. The number of hydrogen-bond donors (Lipinski definition) is 1. The molecule has 7 heteroatoms. The number of hydrogen-bond acceptors (Lipinski definition) is 3. The first-order chi connectivity index (χ1) is 8.88. The molecule has 0 radical (unpaired) electrons. The lowest BCUT2D eigenvalue weighted by Crippen LogP contribution is -2.14. The molecule has 0 bridgehead atoms. The summed E-state index contributed by atoms with van der Waals surface area (Å²) >= 11 is 3.20. The van der Waals surface area contributed by atoms with E-state index in [0.717, 1.165) is 11.6 Å². The minimum absolute atomic E-state index is 0.0625. The molecule has 100 valence electrons. The normalized spacial score (nSPS) is 11.3. The van der Waals surface area contributed by atoms with E-state index >= 15 is 0 Å². The van der Waals surface area contributed by atoms with Crippen LogP contribution in [0.5, 0.6) is 0 Å². The second-order valence-corrected chi connectivity index (χ2v) is 6.39. The lowest BCUT2D eigenvalue weighted by atomic mass is 10.2. The van der Waals surface area contributed by atoms with Crippen molar-refractivity contribution in [1.29, 1.82) is 0 Å². The summed E-state index contributed by atoms with van der Waals surface area (Å²) in [6.07, 6.45) is 0. The molecule has 19 heavy (non-hydrogen) atoms. The van der Waals surface area contributed by atoms with Gasteiger partial charge in [-0.15, -0.1) is 0 Å². The Morgan fingerprint density at radius 2 is 2.00 bits per heavy atom. The monoisotopic (exact) mass is 344 g/mol. The summed E-state index contributed by atoms with van der Waals surface area (Å²) in [6.45, 7) is 1.85. The Labute approximate surface area is 118 Å². The van der Waals surface area contributed by atoms with E-state index in [9.17, 15) is 12.8 Å². The van der Waals surface area contributed by atoms with Crippen molar-refractivity contribution < 1.29 is 12.8 Å². The lowest BCUT2D eigenvalue weighted by molar-refractivity contribution is 0.584. The predicted molar refractivity (Wildman–Crippen MR) is 73.9 cm³/mol. The molecule has 2 rings (SSSR count). The average molecular weight is 345 g/mol. The van der Waals surface area contributed by atoms with E-state index in [2.05, 4.69) is 25.6 Å². The zero-order valence-electron chi connectivity index (χ0n) is 9.89. The van der Waals surface area contributed by atoms with Crippen LogP contribution < -0.4 is 4.72 Å². The van der Waals surface area contributed by atoms with Crippen LogP contribution >= 0.6 is 15.9 Å². The van der Waals surface area contributed by atoms with Gasteiger partial charge < -0.3 is 0 Å². The number of anilines is 1. The number of aryl methyl sites for hydroxylation is 1. The van der Waals surface area contributed by atoms with Gasteiger partial charge in [0, 0.05) is 4.47 Å². The molecule has 0 aliphatic heterocycles. The Bertz CT molecular complexity index is 719. The number of aromatic nitrogens is 1. The van der Waals surface area contributed by atoms with Gasteiger partial charge in [0.05, 0.1) is 0 Å². The summed E-state index contributed by atoms with van der Waals surface area (Å²) in [7, 11) is -3.80. The molecule has 0 spiro atoms. The van der Waals surface area contributed by atoms with E-state index in [-0.39, 0.29) is 10.7 Å². The first-order valence-electron chi connectivity index (χ1n) is 5.30. The molecule has 0 unspecified atom stereocenters. The van der Waals surface area contributed by atoms with Gasteiger partial charge >= 0.3 is 0 Å². The Hall–Kier alpha value is -1.47. The van der Waals surface area contributed by atoms with Crippen LogP contribution in [0, 0.1) is 12.9 Å². The molecule has 0 aliphatic carbocycles. The number of sulfonamides is 1. The quantitative estimate of drug-likeness (QED) is 0.870. The number of nitrogens with zero attached hydrogens (tertiary/aromatic N) is 1. The fourth-order valence-electron chi connectivity index (χ4n) is 1.48. The van der Waals surface area contributed by atoms with Crippen molar-refractivity contribution >= 4 is 31.8 Å². The Balaban J connectivity index is 2.38. The molecule has 0 saturated carbocycles. The maximum absolute atomic E-state index is 12.9. The fraction of sp³-hybridized carbons (Fsp3) is 0.0833. The van der Waals surface area contributed by atoms with E-state index < -0.39 is 16.0 Å². The van der Waals surface area contributed by atoms with Crippen LogP contribution in [0.4, 0.5) is 10.2 Å². The van der Waals surface area contributed by atoms with Crippen LogP contribution in [0.1, 0.15) is 5.56 Å². The molecule has 1 aromatic carbocycles. The van der Waals surface area contributed by atoms with Gasteiger partial charge in [0.1, 0.15) is 10.7 Å². The van der Waals surface area contributed by atoms with E-state index in [0.29, 0.717) is 4.47 Å². The average Bonchev–Trinajstić information content (AvgIpc) is 2.27. The molecular weight excluding hydrogens is 335 g/mol. The van der Waals surface area contributed by atoms with Gasteiger partial charge in [-0.3, -0.25) is 4.72 Å². The van der Waals surface area contributed by atoms with Gasteiger partial charge in [-0.2, -0.15) is 4.39 Å². The SMILES string of the molecule is Cc1ccc(S(=O)(=O)Nc2cccc(F)n2)c(Br)c1. The predicted octanol–water partition coefficient (Wildman–Crippen LogP) is 3.09. The number of pyridine rings is 1. The second kappa shape index (κ2) is 5.26. The van der Waals surface area contributed by atoms with E-state index in [1.807, 2.05) is 6.92 Å². The molecule has 0 aliphatic rings. The third-order valence-corrected chi connectivity index (χ3v) is 4.66. The topological polar surface area (TPSA) is 59.1 Å². The maximum atomic E-state index is 12.9. The number of nitrogens with one attached hydrogen (secondary N) is 1. The number of halogens is 2. The Morgan fingerprint density at radius 1 is 1.26 bits per heavy atom. The van der Waals surface area contributed by atoms with Crippen LogP contribution in [0.15, 0.2) is 45.8 Å². The molecule has 0 fully saturated rings. The zero-order valence-corrected chi connectivity index (χ0v) is 12.3. The van der Waals surface area contributed by atoms with Crippen molar-refractivity contribution in [3.8, 4) is 0 Å². The third-order valence-electron chi connectivity index (χ3n) is 2.33. The highest BCUT2D eigenvalue weighted by Crippen LogP contribution is 2.24. The van der Waals surface area contributed by atoms with Crippen molar-refractivity contribution in [3.63, 3.8) is 0 Å². The second-order valence-electron chi connectivity index (χ2n) is 3.88. The highest BCUT2D eigenvalue weighted by atomic mass is 79.9. The minimum atomic E-state index is -3.80. The van der Waals surface area contributed by atoms with Crippen LogP contribution in [-0.2, 0) is 10.0 Å². The largest absolute Gasteiger partial charge is 0.264 e.